The number of nitrogens with one attached hydrogen (secondary N) is 4. The second-order valence-corrected chi connectivity index (χ2v) is 5.71. The third-order valence-corrected chi connectivity index (χ3v) is 4.28. The summed E-state index contributed by atoms with van der Waals surface area (Å²) in [6, 6.07) is 5.92. The molecular weight excluding hydrogens is 332 g/mol. The van der Waals surface area contributed by atoms with E-state index < -0.39 is 47.1 Å². The van der Waals surface area contributed by atoms with Gasteiger partial charge in [-0.25, -0.2) is 9.59 Å². The second-order valence-electron chi connectivity index (χ2n) is 5.71. The van der Waals surface area contributed by atoms with Crippen molar-refractivity contribution in [2.24, 2.45) is 5.92 Å². The molecule has 0 radical (unpaired) electrons. The van der Waals surface area contributed by atoms with Gasteiger partial charge in [-0.05, 0) is 6.07 Å². The molecule has 10 nitrogen and oxygen atoms in total. The first-order valence-electron chi connectivity index (χ1n) is 7.38. The van der Waals surface area contributed by atoms with E-state index in [0.717, 1.165) is 0 Å². The van der Waals surface area contributed by atoms with Crippen molar-refractivity contribution >= 4 is 11.9 Å². The minimum atomic E-state index is -1.02. The number of benzene rings is 1. The lowest BCUT2D eigenvalue weighted by Gasteiger charge is -2.40. The minimum Gasteiger partial charge on any atom is -0.494 e. The van der Waals surface area contributed by atoms with Gasteiger partial charge in [0.1, 0.15) is 11.7 Å². The second kappa shape index (κ2) is 5.23. The quantitative estimate of drug-likeness (QED) is 0.451. The zero-order valence-corrected chi connectivity index (χ0v) is 12.5. The number of ether oxygens (including phenoxy) is 1. The summed E-state index contributed by atoms with van der Waals surface area (Å²) in [7, 11) is 0. The number of aromatic amines is 2. The molecule has 10 heteroatoms. The third kappa shape index (κ3) is 2.26. The number of hydrogen-bond donors (Lipinski definition) is 5. The van der Waals surface area contributed by atoms with Crippen LogP contribution in [0.2, 0.25) is 0 Å². The van der Waals surface area contributed by atoms with Gasteiger partial charge in [-0.2, -0.15) is 0 Å². The fraction of sp³-hybridized carbons (Fsp3) is 0.200. The van der Waals surface area contributed by atoms with Gasteiger partial charge >= 0.3 is 11.7 Å². The van der Waals surface area contributed by atoms with Crippen molar-refractivity contribution in [2.75, 3.05) is 0 Å². The number of carbonyl (C=O) groups is 2. The topological polar surface area (TPSA) is 153 Å². The largest absolute Gasteiger partial charge is 0.494 e. The summed E-state index contributed by atoms with van der Waals surface area (Å²) in [4.78, 5) is 51.8. The van der Waals surface area contributed by atoms with Crippen LogP contribution in [0.4, 0.5) is 4.79 Å². The van der Waals surface area contributed by atoms with E-state index in [4.69, 9.17) is 4.74 Å². The fourth-order valence-corrected chi connectivity index (χ4v) is 3.30. The lowest BCUT2D eigenvalue weighted by Crippen LogP contribution is -2.63. The van der Waals surface area contributed by atoms with E-state index in [1.54, 1.807) is 24.3 Å². The van der Waals surface area contributed by atoms with Gasteiger partial charge < -0.3 is 15.2 Å². The van der Waals surface area contributed by atoms with Gasteiger partial charge in [0.25, 0.3) is 5.56 Å². The molecule has 2 aliphatic rings. The van der Waals surface area contributed by atoms with E-state index in [9.17, 15) is 24.3 Å². The normalized spacial score (nSPS) is 24.4. The van der Waals surface area contributed by atoms with Crippen LogP contribution >= 0.6 is 0 Å². The standard InChI is InChI=1S/C15H12N4O6/c20-10-8(11(21)17-14(23)16-10)7-5-3-1-2-4-6(5)25-13-9(7)12(22)18-15(24)19-13/h1-4,7,9,13H,(H2,18,19,22,24)(H3,16,17,20,21,23)/t7-,9+,13-/m1/s1. The Bertz CT molecular complexity index is 1010. The maximum atomic E-state index is 12.4. The number of rotatable bonds is 1. The highest BCUT2D eigenvalue weighted by Gasteiger charge is 2.49. The molecule has 0 saturated carbocycles. The first-order valence-corrected chi connectivity index (χ1v) is 7.38. The first-order chi connectivity index (χ1) is 12.0. The number of hydrogen-bond acceptors (Lipinski definition) is 6. The molecule has 2 aromatic rings. The Hall–Kier alpha value is -3.56. The maximum Gasteiger partial charge on any atom is 0.328 e. The van der Waals surface area contributed by atoms with E-state index in [1.807, 2.05) is 4.98 Å². The Morgan fingerprint density at radius 3 is 2.56 bits per heavy atom. The Morgan fingerprint density at radius 2 is 1.80 bits per heavy atom. The molecule has 1 fully saturated rings. The molecule has 3 atom stereocenters. The Kier molecular flexibility index (Phi) is 3.14. The summed E-state index contributed by atoms with van der Waals surface area (Å²) in [6.07, 6.45) is -1.02. The molecule has 0 bridgehead atoms. The molecule has 3 heterocycles. The number of para-hydroxylation sites is 1. The lowest BCUT2D eigenvalue weighted by atomic mass is 9.77. The van der Waals surface area contributed by atoms with Gasteiger partial charge in [-0.15, -0.1) is 0 Å². The van der Waals surface area contributed by atoms with Crippen LogP contribution in [0.5, 0.6) is 11.6 Å². The Balaban J connectivity index is 1.98. The molecule has 2 aliphatic heterocycles. The molecule has 1 aromatic heterocycles. The third-order valence-electron chi connectivity index (χ3n) is 4.28. The van der Waals surface area contributed by atoms with E-state index in [0.29, 0.717) is 11.3 Å². The summed E-state index contributed by atoms with van der Waals surface area (Å²) in [5.41, 5.74) is -1.41. The fourth-order valence-electron chi connectivity index (χ4n) is 3.30. The molecule has 0 spiro atoms. The predicted molar refractivity (Wildman–Crippen MR) is 82.2 cm³/mol. The monoisotopic (exact) mass is 344 g/mol. The van der Waals surface area contributed by atoms with Gasteiger partial charge in [0.05, 0.1) is 5.56 Å². The van der Waals surface area contributed by atoms with Crippen LogP contribution in [0.1, 0.15) is 17.0 Å². The lowest BCUT2D eigenvalue weighted by molar-refractivity contribution is -0.130. The van der Waals surface area contributed by atoms with Crippen molar-refractivity contribution in [2.45, 2.75) is 12.1 Å². The number of imide groups is 1. The average Bonchev–Trinajstić information content (AvgIpc) is 2.52. The van der Waals surface area contributed by atoms with Crippen molar-refractivity contribution in [1.82, 2.24) is 20.6 Å². The van der Waals surface area contributed by atoms with Crippen LogP contribution in [0.3, 0.4) is 0 Å². The van der Waals surface area contributed by atoms with Gasteiger partial charge in [0, 0.05) is 11.5 Å². The van der Waals surface area contributed by atoms with Crippen molar-refractivity contribution in [3.8, 4) is 11.6 Å². The summed E-state index contributed by atoms with van der Waals surface area (Å²) < 4.78 is 5.67. The van der Waals surface area contributed by atoms with E-state index >= 15 is 0 Å². The smallest absolute Gasteiger partial charge is 0.328 e. The highest BCUT2D eigenvalue weighted by Crippen LogP contribution is 2.44. The van der Waals surface area contributed by atoms with Gasteiger partial charge in [-0.1, -0.05) is 18.2 Å². The number of amides is 3. The Labute approximate surface area is 138 Å². The van der Waals surface area contributed by atoms with Crippen LogP contribution in [-0.2, 0) is 4.79 Å². The van der Waals surface area contributed by atoms with Crippen LogP contribution in [0.25, 0.3) is 0 Å². The molecule has 3 amide bonds. The number of urea groups is 1. The molecule has 0 aliphatic carbocycles. The first kappa shape index (κ1) is 15.0. The Morgan fingerprint density at radius 1 is 1.04 bits per heavy atom. The molecule has 1 aromatic carbocycles. The van der Waals surface area contributed by atoms with E-state index in [-0.39, 0.29) is 5.56 Å². The highest BCUT2D eigenvalue weighted by molar-refractivity contribution is 5.99. The number of aromatic hydroxyl groups is 1. The van der Waals surface area contributed by atoms with Crippen LogP contribution in [-0.4, -0.2) is 33.2 Å². The predicted octanol–water partition coefficient (Wildman–Crippen LogP) is -0.925. The maximum absolute atomic E-state index is 12.4. The molecule has 128 valence electrons. The summed E-state index contributed by atoms with van der Waals surface area (Å²) in [5, 5.41) is 14.7. The molecule has 25 heavy (non-hydrogen) atoms. The number of aromatic nitrogens is 2. The SMILES string of the molecule is O=C1NC(=O)[C@@H]2[C@@H](c3c(O)[nH]c(=O)[nH]c3=O)c3ccccc3O[C@H]2N1. The minimum absolute atomic E-state index is 0.184. The highest BCUT2D eigenvalue weighted by atomic mass is 16.5. The van der Waals surface area contributed by atoms with E-state index in [1.165, 1.54) is 0 Å². The average molecular weight is 344 g/mol. The van der Waals surface area contributed by atoms with Gasteiger partial charge in [-0.3, -0.25) is 24.9 Å². The number of fused-ring (bicyclic) bond motifs is 2. The van der Waals surface area contributed by atoms with Gasteiger partial charge in [0.15, 0.2) is 6.23 Å². The van der Waals surface area contributed by atoms with Crippen LogP contribution in [0.15, 0.2) is 33.9 Å². The summed E-state index contributed by atoms with van der Waals surface area (Å²) in [5.74, 6) is -2.88. The zero-order chi connectivity index (χ0) is 17.7. The van der Waals surface area contributed by atoms with Crippen LogP contribution in [0, 0.1) is 5.92 Å². The molecule has 1 saturated heterocycles. The summed E-state index contributed by atoms with van der Waals surface area (Å²) in [6.45, 7) is 0. The van der Waals surface area contributed by atoms with Crippen molar-refractivity contribution in [3.63, 3.8) is 0 Å². The zero-order valence-electron chi connectivity index (χ0n) is 12.5. The van der Waals surface area contributed by atoms with Crippen LogP contribution < -0.4 is 26.6 Å². The molecule has 5 N–H and O–H groups in total. The summed E-state index contributed by atoms with van der Waals surface area (Å²) >= 11 is 0. The molecule has 4 rings (SSSR count). The molecular formula is C15H12N4O6. The van der Waals surface area contributed by atoms with E-state index in [2.05, 4.69) is 15.6 Å². The molecule has 0 unspecified atom stereocenters. The van der Waals surface area contributed by atoms with Crippen molar-refractivity contribution < 1.29 is 19.4 Å². The van der Waals surface area contributed by atoms with Crippen molar-refractivity contribution in [1.29, 1.82) is 0 Å². The number of H-pyrrole nitrogens is 2. The number of carbonyl (C=O) groups excluding carboxylic acids is 2. The van der Waals surface area contributed by atoms with Gasteiger partial charge in [0.2, 0.25) is 11.8 Å². The van der Waals surface area contributed by atoms with Crippen molar-refractivity contribution in [3.05, 3.63) is 56.2 Å².